The Morgan fingerprint density at radius 2 is 1.96 bits per heavy atom. The van der Waals surface area contributed by atoms with Crippen molar-refractivity contribution in [2.45, 2.75) is 37.1 Å². The van der Waals surface area contributed by atoms with Gasteiger partial charge in [-0.2, -0.15) is 0 Å². The van der Waals surface area contributed by atoms with Crippen molar-refractivity contribution in [1.29, 1.82) is 0 Å². The molecule has 0 spiro atoms. The van der Waals surface area contributed by atoms with Crippen molar-refractivity contribution < 1.29 is 5.11 Å². The van der Waals surface area contributed by atoms with E-state index in [1.54, 1.807) is 0 Å². The lowest BCUT2D eigenvalue weighted by atomic mass is 10.2. The van der Waals surface area contributed by atoms with Crippen LogP contribution in [0.1, 0.15) is 26.7 Å². The number of aromatic amines is 1. The first-order valence-corrected chi connectivity index (χ1v) is 10.3. The molecule has 1 aliphatic rings. The minimum atomic E-state index is 0.219. The molecule has 1 aliphatic heterocycles. The van der Waals surface area contributed by atoms with Crippen LogP contribution in [0.5, 0.6) is 0 Å². The summed E-state index contributed by atoms with van der Waals surface area (Å²) in [7, 11) is 0. The number of benzene rings is 1. The predicted octanol–water partition coefficient (Wildman–Crippen LogP) is 3.61. The van der Waals surface area contributed by atoms with Crippen LogP contribution in [-0.4, -0.2) is 64.6 Å². The zero-order chi connectivity index (χ0) is 17.8. The molecule has 1 saturated heterocycles. The van der Waals surface area contributed by atoms with Crippen LogP contribution in [-0.2, 0) is 0 Å². The molecule has 0 bridgehead atoms. The molecule has 5 nitrogen and oxygen atoms in total. The molecule has 1 aromatic heterocycles. The molecule has 7 heteroatoms. The van der Waals surface area contributed by atoms with Gasteiger partial charge in [0.2, 0.25) is 0 Å². The number of aromatic nitrogens is 2. The summed E-state index contributed by atoms with van der Waals surface area (Å²) in [6.45, 7) is 9.14. The van der Waals surface area contributed by atoms with E-state index >= 15 is 0 Å². The SMILES string of the molecule is CCC(CC)Sc1nc2cc(N3CCN(CCO)CC3)c(Cl)cc2[nH]1. The van der Waals surface area contributed by atoms with Gasteiger partial charge in [-0.1, -0.05) is 37.2 Å². The van der Waals surface area contributed by atoms with E-state index in [1.165, 1.54) is 0 Å². The summed E-state index contributed by atoms with van der Waals surface area (Å²) in [6.07, 6.45) is 2.28. The number of fused-ring (bicyclic) bond motifs is 1. The van der Waals surface area contributed by atoms with Gasteiger partial charge in [0, 0.05) is 38.0 Å². The summed E-state index contributed by atoms with van der Waals surface area (Å²) in [5, 5.41) is 11.4. The second kappa shape index (κ2) is 8.62. The normalized spacial score (nSPS) is 16.3. The maximum Gasteiger partial charge on any atom is 0.166 e. The van der Waals surface area contributed by atoms with E-state index in [1.807, 2.05) is 17.8 Å². The lowest BCUT2D eigenvalue weighted by molar-refractivity contribution is 0.189. The Balaban J connectivity index is 1.77. The maximum atomic E-state index is 9.07. The topological polar surface area (TPSA) is 55.4 Å². The third-order valence-corrected chi connectivity index (χ3v) is 6.57. The Bertz CT molecular complexity index is 696. The molecule has 0 radical (unpaired) electrons. The first-order valence-electron chi connectivity index (χ1n) is 9.08. The lowest BCUT2D eigenvalue weighted by Gasteiger charge is -2.36. The molecule has 0 unspecified atom stereocenters. The molecule has 0 amide bonds. The van der Waals surface area contributed by atoms with Crippen LogP contribution in [0.2, 0.25) is 5.02 Å². The molecule has 2 N–H and O–H groups in total. The molecule has 2 aromatic rings. The fourth-order valence-electron chi connectivity index (χ4n) is 3.26. The quantitative estimate of drug-likeness (QED) is 0.716. The maximum absolute atomic E-state index is 9.07. The number of thioether (sulfide) groups is 1. The average molecular weight is 383 g/mol. The average Bonchev–Trinajstić information content (AvgIpc) is 3.01. The summed E-state index contributed by atoms with van der Waals surface area (Å²) in [6, 6.07) is 4.10. The minimum Gasteiger partial charge on any atom is -0.395 e. The van der Waals surface area contributed by atoms with Gasteiger partial charge in [-0.25, -0.2) is 4.98 Å². The van der Waals surface area contributed by atoms with E-state index in [0.717, 1.165) is 72.5 Å². The highest BCUT2D eigenvalue weighted by Crippen LogP contribution is 2.33. The van der Waals surface area contributed by atoms with Crippen molar-refractivity contribution in [3.63, 3.8) is 0 Å². The van der Waals surface area contributed by atoms with Gasteiger partial charge in [0.25, 0.3) is 0 Å². The summed E-state index contributed by atoms with van der Waals surface area (Å²) >= 11 is 8.37. The van der Waals surface area contributed by atoms with Gasteiger partial charge >= 0.3 is 0 Å². The Morgan fingerprint density at radius 1 is 1.24 bits per heavy atom. The number of anilines is 1. The number of piperazine rings is 1. The van der Waals surface area contributed by atoms with Gasteiger partial charge in [0.15, 0.2) is 5.16 Å². The second-order valence-corrected chi connectivity index (χ2v) is 8.17. The zero-order valence-electron chi connectivity index (χ0n) is 15.0. The monoisotopic (exact) mass is 382 g/mol. The standard InChI is InChI=1S/C18H27ClN4OS/c1-3-13(4-2)25-18-20-15-11-14(19)17(12-16(15)21-18)23-7-5-22(6-8-23)9-10-24/h11-13,24H,3-10H2,1-2H3,(H,20,21). The van der Waals surface area contributed by atoms with E-state index in [4.69, 9.17) is 21.7 Å². The van der Waals surface area contributed by atoms with E-state index < -0.39 is 0 Å². The molecule has 1 fully saturated rings. The Labute approximate surface area is 158 Å². The molecule has 0 atom stereocenters. The fourth-order valence-corrected chi connectivity index (χ4v) is 4.51. The smallest absolute Gasteiger partial charge is 0.166 e. The van der Waals surface area contributed by atoms with Crippen LogP contribution in [0.15, 0.2) is 17.3 Å². The fraction of sp³-hybridized carbons (Fsp3) is 0.611. The zero-order valence-corrected chi connectivity index (χ0v) is 16.5. The Kier molecular flexibility index (Phi) is 6.49. The van der Waals surface area contributed by atoms with Crippen LogP contribution in [0.4, 0.5) is 5.69 Å². The van der Waals surface area contributed by atoms with Gasteiger partial charge in [-0.3, -0.25) is 4.90 Å². The van der Waals surface area contributed by atoms with Gasteiger partial charge in [-0.15, -0.1) is 0 Å². The highest BCUT2D eigenvalue weighted by atomic mass is 35.5. The van der Waals surface area contributed by atoms with E-state index in [-0.39, 0.29) is 6.61 Å². The number of H-pyrrole nitrogens is 1. The largest absolute Gasteiger partial charge is 0.395 e. The summed E-state index contributed by atoms with van der Waals surface area (Å²) in [5.74, 6) is 0. The molecule has 3 rings (SSSR count). The van der Waals surface area contributed by atoms with Crippen molar-refractivity contribution in [3.05, 3.63) is 17.2 Å². The highest BCUT2D eigenvalue weighted by Gasteiger charge is 2.20. The number of aliphatic hydroxyl groups excluding tert-OH is 1. The van der Waals surface area contributed by atoms with E-state index in [9.17, 15) is 0 Å². The number of imidazole rings is 1. The van der Waals surface area contributed by atoms with E-state index in [2.05, 4.69) is 34.7 Å². The minimum absolute atomic E-state index is 0.219. The third-order valence-electron chi connectivity index (χ3n) is 4.85. The molecule has 0 aliphatic carbocycles. The second-order valence-electron chi connectivity index (χ2n) is 6.47. The van der Waals surface area contributed by atoms with Crippen LogP contribution in [0.3, 0.4) is 0 Å². The van der Waals surface area contributed by atoms with Gasteiger partial charge in [0.05, 0.1) is 28.4 Å². The number of halogens is 1. The van der Waals surface area contributed by atoms with Gasteiger partial charge < -0.3 is 15.0 Å². The van der Waals surface area contributed by atoms with Gasteiger partial charge in [0.1, 0.15) is 0 Å². The van der Waals surface area contributed by atoms with Crippen molar-refractivity contribution in [1.82, 2.24) is 14.9 Å². The summed E-state index contributed by atoms with van der Waals surface area (Å²) in [4.78, 5) is 12.8. The first kappa shape index (κ1) is 18.8. The first-order chi connectivity index (χ1) is 12.1. The lowest BCUT2D eigenvalue weighted by Crippen LogP contribution is -2.47. The van der Waals surface area contributed by atoms with Crippen molar-refractivity contribution in [2.75, 3.05) is 44.2 Å². The van der Waals surface area contributed by atoms with Crippen molar-refractivity contribution in [2.24, 2.45) is 0 Å². The highest BCUT2D eigenvalue weighted by molar-refractivity contribution is 7.99. The predicted molar refractivity (Wildman–Crippen MR) is 107 cm³/mol. The number of hydrogen-bond acceptors (Lipinski definition) is 5. The number of β-amino-alcohol motifs (C(OH)–C–C–N with tert-alkyl or cyclic N) is 1. The van der Waals surface area contributed by atoms with Crippen molar-refractivity contribution in [3.8, 4) is 0 Å². The molecule has 2 heterocycles. The van der Waals surface area contributed by atoms with Gasteiger partial charge in [-0.05, 0) is 25.0 Å². The molecular weight excluding hydrogens is 356 g/mol. The molecule has 0 saturated carbocycles. The van der Waals surface area contributed by atoms with Crippen LogP contribution in [0, 0.1) is 0 Å². The molecule has 25 heavy (non-hydrogen) atoms. The molecular formula is C18H27ClN4OS. The number of nitrogens with one attached hydrogen (secondary N) is 1. The van der Waals surface area contributed by atoms with Crippen LogP contribution >= 0.6 is 23.4 Å². The van der Waals surface area contributed by atoms with Crippen LogP contribution in [0.25, 0.3) is 11.0 Å². The van der Waals surface area contributed by atoms with Crippen molar-refractivity contribution >= 4 is 40.1 Å². The Hall–Kier alpha value is -0.950. The Morgan fingerprint density at radius 3 is 2.60 bits per heavy atom. The number of nitrogens with zero attached hydrogens (tertiary/aromatic N) is 3. The summed E-state index contributed by atoms with van der Waals surface area (Å²) < 4.78 is 0. The van der Waals surface area contributed by atoms with Crippen LogP contribution < -0.4 is 4.90 Å². The number of rotatable bonds is 7. The molecule has 1 aromatic carbocycles. The van der Waals surface area contributed by atoms with E-state index in [0.29, 0.717) is 5.25 Å². The number of hydrogen-bond donors (Lipinski definition) is 2. The molecule has 138 valence electrons. The number of aliphatic hydroxyl groups is 1. The summed E-state index contributed by atoms with van der Waals surface area (Å²) in [5.41, 5.74) is 3.04. The third kappa shape index (κ3) is 4.42.